The van der Waals surface area contributed by atoms with Gasteiger partial charge in [0.2, 0.25) is 0 Å². The van der Waals surface area contributed by atoms with Crippen LogP contribution in [0.5, 0.6) is 5.75 Å². The molecule has 1 N–H and O–H groups in total. The van der Waals surface area contributed by atoms with Crippen LogP contribution in [0.1, 0.15) is 66.4 Å². The molecule has 0 fully saturated rings. The van der Waals surface area contributed by atoms with Gasteiger partial charge in [0.1, 0.15) is 10.6 Å². The number of sulfonamides is 1. The predicted molar refractivity (Wildman–Crippen MR) is 136 cm³/mol. The molecule has 2 rings (SSSR count). The van der Waals surface area contributed by atoms with Gasteiger partial charge in [-0.1, -0.05) is 54.0 Å². The largest absolute Gasteiger partial charge is 0.492 e. The van der Waals surface area contributed by atoms with Gasteiger partial charge in [0.05, 0.1) is 6.61 Å². The summed E-state index contributed by atoms with van der Waals surface area (Å²) in [4.78, 5) is 2.16. The Morgan fingerprint density at radius 2 is 1.59 bits per heavy atom. The summed E-state index contributed by atoms with van der Waals surface area (Å²) in [7, 11) is 0.0674. The lowest BCUT2D eigenvalue weighted by atomic mass is 9.72. The van der Waals surface area contributed by atoms with Crippen molar-refractivity contribution < 1.29 is 13.2 Å². The fourth-order valence-electron chi connectivity index (χ4n) is 4.05. The number of anilines is 2. The normalized spacial score (nSPS) is 12.5. The van der Waals surface area contributed by atoms with E-state index in [2.05, 4.69) is 46.3 Å². The highest BCUT2D eigenvalue weighted by Gasteiger charge is 2.30. The second-order valence-electron chi connectivity index (χ2n) is 10.5. The number of hydrogen-bond donors (Lipinski definition) is 1. The van der Waals surface area contributed by atoms with E-state index in [1.807, 2.05) is 37.2 Å². The fourth-order valence-corrected chi connectivity index (χ4v) is 5.28. The van der Waals surface area contributed by atoms with Crippen LogP contribution in [0.15, 0.2) is 47.4 Å². The first-order valence-electron chi connectivity index (χ1n) is 11.3. The predicted octanol–water partition coefficient (Wildman–Crippen LogP) is 6.45. The molecule has 0 saturated heterocycles. The molecule has 0 heterocycles. The monoisotopic (exact) mass is 460 g/mol. The van der Waals surface area contributed by atoms with Gasteiger partial charge in [0, 0.05) is 25.5 Å². The fraction of sp³-hybridized carbons (Fsp3) is 0.538. The van der Waals surface area contributed by atoms with Crippen molar-refractivity contribution in [1.29, 1.82) is 0 Å². The van der Waals surface area contributed by atoms with Crippen molar-refractivity contribution >= 4 is 21.4 Å². The molecule has 6 heteroatoms. The summed E-state index contributed by atoms with van der Waals surface area (Å²) >= 11 is 0. The summed E-state index contributed by atoms with van der Waals surface area (Å²) in [6, 6.07) is 12.9. The van der Waals surface area contributed by atoms with Gasteiger partial charge in [-0.15, -0.1) is 0 Å². The third kappa shape index (κ3) is 7.16. The Bertz CT molecular complexity index is 989. The summed E-state index contributed by atoms with van der Waals surface area (Å²) in [5, 5.41) is 0. The molecule has 5 nitrogen and oxygen atoms in total. The van der Waals surface area contributed by atoms with E-state index in [9.17, 15) is 8.42 Å². The third-order valence-corrected chi connectivity index (χ3v) is 6.78. The Kier molecular flexibility index (Phi) is 8.27. The van der Waals surface area contributed by atoms with Gasteiger partial charge in [-0.05, 0) is 65.6 Å². The molecule has 32 heavy (non-hydrogen) atoms. The van der Waals surface area contributed by atoms with Crippen molar-refractivity contribution in [1.82, 2.24) is 0 Å². The molecule has 0 bridgehead atoms. The zero-order valence-electron chi connectivity index (χ0n) is 21.0. The van der Waals surface area contributed by atoms with Crippen LogP contribution in [0, 0.1) is 5.41 Å². The molecule has 0 unspecified atom stereocenters. The van der Waals surface area contributed by atoms with E-state index < -0.39 is 10.0 Å². The van der Waals surface area contributed by atoms with E-state index >= 15 is 0 Å². The summed E-state index contributed by atoms with van der Waals surface area (Å²) in [5.41, 5.74) is 2.44. The van der Waals surface area contributed by atoms with Crippen LogP contribution in [0.25, 0.3) is 0 Å². The first-order valence-corrected chi connectivity index (χ1v) is 12.8. The number of nitrogens with zero attached hydrogens (tertiary/aromatic N) is 1. The van der Waals surface area contributed by atoms with E-state index in [0.29, 0.717) is 18.0 Å². The lowest BCUT2D eigenvalue weighted by Crippen LogP contribution is -2.25. The van der Waals surface area contributed by atoms with Crippen LogP contribution in [0.3, 0.4) is 0 Å². The Morgan fingerprint density at radius 3 is 2.12 bits per heavy atom. The van der Waals surface area contributed by atoms with Crippen LogP contribution in [0.4, 0.5) is 11.4 Å². The van der Waals surface area contributed by atoms with Gasteiger partial charge in [0.15, 0.2) is 0 Å². The number of unbranched alkanes of at least 4 members (excludes halogenated alkanes) is 1. The van der Waals surface area contributed by atoms with Crippen LogP contribution in [-0.4, -0.2) is 29.1 Å². The Balaban J connectivity index is 2.45. The molecule has 0 aliphatic heterocycles. The molecule has 0 aliphatic carbocycles. The van der Waals surface area contributed by atoms with Crippen molar-refractivity contribution in [2.24, 2.45) is 5.41 Å². The molecule has 0 aromatic heterocycles. The number of nitrogens with one attached hydrogen (secondary N) is 1. The van der Waals surface area contributed by atoms with E-state index in [1.54, 1.807) is 24.3 Å². The van der Waals surface area contributed by atoms with Crippen molar-refractivity contribution in [2.45, 2.75) is 71.1 Å². The van der Waals surface area contributed by atoms with E-state index in [0.717, 1.165) is 30.5 Å². The lowest BCUT2D eigenvalue weighted by molar-refractivity contribution is 0.282. The maximum absolute atomic E-state index is 13.4. The summed E-state index contributed by atoms with van der Waals surface area (Å²) in [6.07, 6.45) is 2.78. The average molecular weight is 461 g/mol. The smallest absolute Gasteiger partial charge is 0.265 e. The third-order valence-electron chi connectivity index (χ3n) is 5.38. The van der Waals surface area contributed by atoms with Gasteiger partial charge in [-0.3, -0.25) is 4.72 Å². The van der Waals surface area contributed by atoms with Crippen LogP contribution in [-0.2, 0) is 15.4 Å². The first kappa shape index (κ1) is 26.0. The molecule has 0 spiro atoms. The number of ether oxygens (including phenoxy) is 1. The maximum atomic E-state index is 13.4. The highest BCUT2D eigenvalue weighted by molar-refractivity contribution is 7.92. The minimum absolute atomic E-state index is 0.116. The van der Waals surface area contributed by atoms with Crippen molar-refractivity contribution in [3.05, 3.63) is 48.0 Å². The van der Waals surface area contributed by atoms with Crippen molar-refractivity contribution in [3.8, 4) is 5.75 Å². The number of hydrogen-bond acceptors (Lipinski definition) is 4. The highest BCUT2D eigenvalue weighted by Crippen LogP contribution is 2.39. The van der Waals surface area contributed by atoms with Gasteiger partial charge < -0.3 is 9.64 Å². The number of rotatable bonds is 10. The zero-order valence-corrected chi connectivity index (χ0v) is 21.8. The van der Waals surface area contributed by atoms with Crippen LogP contribution < -0.4 is 14.4 Å². The van der Waals surface area contributed by atoms with E-state index in [-0.39, 0.29) is 15.7 Å². The zero-order chi connectivity index (χ0) is 24.2. The van der Waals surface area contributed by atoms with Gasteiger partial charge in [-0.25, -0.2) is 8.42 Å². The molecule has 2 aromatic rings. The molecule has 0 aliphatic rings. The SMILES string of the molecule is CCCCOc1ccc(C(C)(C)CC(C)(C)C)cc1S(=O)(=O)Nc1ccc(N(C)C)cc1. The highest BCUT2D eigenvalue weighted by atomic mass is 32.2. The summed E-state index contributed by atoms with van der Waals surface area (Å²) < 4.78 is 35.5. The molecule has 2 aromatic carbocycles. The Morgan fingerprint density at radius 1 is 0.969 bits per heavy atom. The van der Waals surface area contributed by atoms with E-state index in [4.69, 9.17) is 4.74 Å². The van der Waals surface area contributed by atoms with Gasteiger partial charge in [-0.2, -0.15) is 0 Å². The van der Waals surface area contributed by atoms with Crippen LogP contribution >= 0.6 is 0 Å². The number of benzene rings is 2. The molecular formula is C26H40N2O3S. The molecule has 0 atom stereocenters. The Hall–Kier alpha value is -2.21. The summed E-state index contributed by atoms with van der Waals surface area (Å²) in [5.74, 6) is 0.395. The standard InChI is InChI=1S/C26H40N2O3S/c1-9-10-17-31-23-16-11-20(26(5,6)19-25(2,3)4)18-24(23)32(29,30)27-21-12-14-22(15-13-21)28(7)8/h11-16,18,27H,9-10,17,19H2,1-8H3. The van der Waals surface area contributed by atoms with Gasteiger partial charge >= 0.3 is 0 Å². The molecular weight excluding hydrogens is 420 g/mol. The topological polar surface area (TPSA) is 58.6 Å². The minimum atomic E-state index is -3.83. The quantitative estimate of drug-likeness (QED) is 0.414. The van der Waals surface area contributed by atoms with Crippen molar-refractivity contribution in [2.75, 3.05) is 30.3 Å². The minimum Gasteiger partial charge on any atom is -0.492 e. The average Bonchev–Trinajstić information content (AvgIpc) is 2.66. The second-order valence-corrected chi connectivity index (χ2v) is 12.2. The first-order chi connectivity index (χ1) is 14.7. The van der Waals surface area contributed by atoms with Crippen LogP contribution in [0.2, 0.25) is 0 Å². The molecule has 0 saturated carbocycles. The Labute approximate surface area is 195 Å². The van der Waals surface area contributed by atoms with Crippen molar-refractivity contribution in [3.63, 3.8) is 0 Å². The second kappa shape index (κ2) is 10.2. The van der Waals surface area contributed by atoms with E-state index in [1.165, 1.54) is 0 Å². The summed E-state index contributed by atoms with van der Waals surface area (Å²) in [6.45, 7) is 13.5. The molecule has 0 amide bonds. The maximum Gasteiger partial charge on any atom is 0.265 e. The lowest BCUT2D eigenvalue weighted by Gasteiger charge is -2.33. The molecule has 0 radical (unpaired) electrons. The molecule has 178 valence electrons. The van der Waals surface area contributed by atoms with Gasteiger partial charge in [0.25, 0.3) is 10.0 Å².